The number of likely N-dealkylation sites (N-methyl/N-ethyl adjacent to an activating group) is 1. The first-order chi connectivity index (χ1) is 9.10. The van der Waals surface area contributed by atoms with E-state index in [0.717, 1.165) is 29.8 Å². The largest absolute Gasteiger partial charge is 0.310 e. The zero-order valence-electron chi connectivity index (χ0n) is 13.5. The fraction of sp³-hybridized carbons (Fsp3) is 1.00. The number of nitrogens with zero attached hydrogens (tertiary/aromatic N) is 1. The first-order valence-corrected chi connectivity index (χ1v) is 8.58. The highest BCUT2D eigenvalue weighted by Gasteiger charge is 2.32. The molecule has 0 aromatic rings. The average Bonchev–Trinajstić information content (AvgIpc) is 2.38. The molecular weight excluding hydrogens is 232 g/mol. The highest BCUT2D eigenvalue weighted by Crippen LogP contribution is 2.34. The molecule has 2 rings (SSSR count). The van der Waals surface area contributed by atoms with E-state index in [0.29, 0.717) is 0 Å². The van der Waals surface area contributed by atoms with Crippen molar-refractivity contribution in [3.63, 3.8) is 0 Å². The van der Waals surface area contributed by atoms with Crippen LogP contribution in [0, 0.1) is 17.8 Å². The van der Waals surface area contributed by atoms with Crippen LogP contribution in [-0.4, -0.2) is 36.6 Å². The summed E-state index contributed by atoms with van der Waals surface area (Å²) >= 11 is 0. The predicted octanol–water partition coefficient (Wildman–Crippen LogP) is 3.52. The van der Waals surface area contributed by atoms with Crippen LogP contribution in [0.25, 0.3) is 0 Å². The van der Waals surface area contributed by atoms with Crippen LogP contribution in [0.1, 0.15) is 59.8 Å². The maximum absolute atomic E-state index is 4.04. The van der Waals surface area contributed by atoms with E-state index in [2.05, 4.69) is 37.9 Å². The molecule has 1 aliphatic heterocycles. The number of hydrogen-bond donors (Lipinski definition) is 1. The summed E-state index contributed by atoms with van der Waals surface area (Å²) < 4.78 is 0. The third kappa shape index (κ3) is 4.19. The Morgan fingerprint density at radius 3 is 2.68 bits per heavy atom. The highest BCUT2D eigenvalue weighted by molar-refractivity contribution is 4.89. The smallest absolute Gasteiger partial charge is 0.0198 e. The molecular formula is C17H34N2. The molecule has 1 aliphatic carbocycles. The van der Waals surface area contributed by atoms with Gasteiger partial charge in [-0.15, -0.1) is 0 Å². The first kappa shape index (κ1) is 15.3. The Labute approximate surface area is 120 Å². The van der Waals surface area contributed by atoms with E-state index < -0.39 is 0 Å². The van der Waals surface area contributed by atoms with Gasteiger partial charge in [-0.25, -0.2) is 0 Å². The van der Waals surface area contributed by atoms with Crippen LogP contribution in [0.4, 0.5) is 0 Å². The van der Waals surface area contributed by atoms with Crippen molar-refractivity contribution in [3.05, 3.63) is 0 Å². The zero-order valence-corrected chi connectivity index (χ0v) is 13.5. The molecule has 0 aromatic heterocycles. The zero-order chi connectivity index (χ0) is 13.8. The Balaban J connectivity index is 1.90. The lowest BCUT2D eigenvalue weighted by Gasteiger charge is -2.42. The second-order valence-electron chi connectivity index (χ2n) is 7.33. The van der Waals surface area contributed by atoms with Crippen LogP contribution in [0.3, 0.4) is 0 Å². The normalized spacial score (nSPS) is 37.7. The van der Waals surface area contributed by atoms with Crippen molar-refractivity contribution >= 4 is 0 Å². The van der Waals surface area contributed by atoms with E-state index in [4.69, 9.17) is 0 Å². The summed E-state index contributed by atoms with van der Waals surface area (Å²) in [5.41, 5.74) is 0. The molecule has 0 radical (unpaired) electrons. The van der Waals surface area contributed by atoms with E-state index in [-0.39, 0.29) is 0 Å². The van der Waals surface area contributed by atoms with Crippen molar-refractivity contribution in [3.8, 4) is 0 Å². The van der Waals surface area contributed by atoms with Crippen molar-refractivity contribution in [2.45, 2.75) is 71.9 Å². The summed E-state index contributed by atoms with van der Waals surface area (Å²) in [4.78, 5) is 2.61. The first-order valence-electron chi connectivity index (χ1n) is 8.58. The molecule has 112 valence electrons. The second-order valence-corrected chi connectivity index (χ2v) is 7.33. The minimum atomic E-state index is 0.741. The third-order valence-electron chi connectivity index (χ3n) is 5.42. The van der Waals surface area contributed by atoms with Crippen LogP contribution >= 0.6 is 0 Å². The summed E-state index contributed by atoms with van der Waals surface area (Å²) in [6.45, 7) is 13.3. The van der Waals surface area contributed by atoms with Gasteiger partial charge < -0.3 is 10.2 Å². The fourth-order valence-electron chi connectivity index (χ4n) is 4.18. The van der Waals surface area contributed by atoms with Crippen molar-refractivity contribution < 1.29 is 0 Å². The molecule has 1 N–H and O–H groups in total. The Kier molecular flexibility index (Phi) is 5.70. The van der Waals surface area contributed by atoms with Crippen LogP contribution in [0.5, 0.6) is 0 Å². The summed E-state index contributed by atoms with van der Waals surface area (Å²) in [5, 5.41) is 4.04. The maximum Gasteiger partial charge on any atom is 0.0198 e. The molecule has 4 unspecified atom stereocenters. The molecule has 1 saturated heterocycles. The van der Waals surface area contributed by atoms with E-state index in [1.165, 1.54) is 51.7 Å². The van der Waals surface area contributed by atoms with Gasteiger partial charge in [0, 0.05) is 18.6 Å². The fourth-order valence-corrected chi connectivity index (χ4v) is 4.18. The Hall–Kier alpha value is -0.0800. The number of likely N-dealkylation sites (tertiary alicyclic amines) is 1. The lowest BCUT2D eigenvalue weighted by molar-refractivity contribution is 0.128. The molecule has 2 nitrogen and oxygen atoms in total. The summed E-state index contributed by atoms with van der Waals surface area (Å²) in [7, 11) is 0. The minimum Gasteiger partial charge on any atom is -0.310 e. The molecule has 0 bridgehead atoms. The lowest BCUT2D eigenvalue weighted by atomic mass is 9.73. The molecule has 2 fully saturated rings. The van der Waals surface area contributed by atoms with Crippen molar-refractivity contribution in [2.75, 3.05) is 19.6 Å². The summed E-state index contributed by atoms with van der Waals surface area (Å²) in [6.07, 6.45) is 7.02. The number of piperidine rings is 1. The molecule has 2 heteroatoms. The molecule has 1 heterocycles. The summed E-state index contributed by atoms with van der Waals surface area (Å²) in [5.74, 6) is 2.64. The topological polar surface area (TPSA) is 15.3 Å². The molecule has 4 atom stereocenters. The van der Waals surface area contributed by atoms with Crippen LogP contribution in [-0.2, 0) is 0 Å². The molecule has 0 aromatic carbocycles. The Bertz CT molecular complexity index is 264. The number of nitrogens with one attached hydrogen (secondary N) is 1. The SMILES string of the molecule is CCN1CCCC(NC2CC(C)CCC2C(C)C)C1. The van der Waals surface area contributed by atoms with Crippen LogP contribution in [0.2, 0.25) is 0 Å². The summed E-state index contributed by atoms with van der Waals surface area (Å²) in [6, 6.07) is 1.51. The van der Waals surface area contributed by atoms with Gasteiger partial charge in [0.2, 0.25) is 0 Å². The maximum atomic E-state index is 4.04. The van der Waals surface area contributed by atoms with Gasteiger partial charge in [0.1, 0.15) is 0 Å². The van der Waals surface area contributed by atoms with Gasteiger partial charge in [0.15, 0.2) is 0 Å². The Morgan fingerprint density at radius 1 is 1.21 bits per heavy atom. The molecule has 19 heavy (non-hydrogen) atoms. The van der Waals surface area contributed by atoms with E-state index in [9.17, 15) is 0 Å². The van der Waals surface area contributed by atoms with Crippen LogP contribution < -0.4 is 5.32 Å². The second kappa shape index (κ2) is 7.08. The average molecular weight is 266 g/mol. The Morgan fingerprint density at radius 2 is 2.00 bits per heavy atom. The van der Waals surface area contributed by atoms with Crippen molar-refractivity contribution in [1.82, 2.24) is 10.2 Å². The van der Waals surface area contributed by atoms with Gasteiger partial charge in [0.05, 0.1) is 0 Å². The standard InChI is InChI=1S/C17H34N2/c1-5-19-10-6-7-15(12-19)18-17-11-14(4)8-9-16(17)13(2)3/h13-18H,5-12H2,1-4H3. The van der Waals surface area contributed by atoms with Gasteiger partial charge in [-0.05, 0) is 56.5 Å². The molecule has 1 saturated carbocycles. The van der Waals surface area contributed by atoms with Crippen molar-refractivity contribution in [2.24, 2.45) is 17.8 Å². The third-order valence-corrected chi connectivity index (χ3v) is 5.42. The van der Waals surface area contributed by atoms with E-state index in [1.54, 1.807) is 0 Å². The molecule has 0 amide bonds. The van der Waals surface area contributed by atoms with Crippen LogP contribution in [0.15, 0.2) is 0 Å². The highest BCUT2D eigenvalue weighted by atomic mass is 15.2. The van der Waals surface area contributed by atoms with Gasteiger partial charge >= 0.3 is 0 Å². The van der Waals surface area contributed by atoms with Crippen molar-refractivity contribution in [1.29, 1.82) is 0 Å². The number of hydrogen-bond acceptors (Lipinski definition) is 2. The van der Waals surface area contributed by atoms with Gasteiger partial charge in [-0.1, -0.05) is 34.1 Å². The predicted molar refractivity (Wildman–Crippen MR) is 83.4 cm³/mol. The van der Waals surface area contributed by atoms with E-state index >= 15 is 0 Å². The monoisotopic (exact) mass is 266 g/mol. The quantitative estimate of drug-likeness (QED) is 0.837. The minimum absolute atomic E-state index is 0.741. The van der Waals surface area contributed by atoms with Gasteiger partial charge in [-0.2, -0.15) is 0 Å². The number of rotatable bonds is 4. The lowest BCUT2D eigenvalue weighted by Crippen LogP contribution is -2.53. The van der Waals surface area contributed by atoms with Gasteiger partial charge in [0.25, 0.3) is 0 Å². The molecule has 2 aliphatic rings. The van der Waals surface area contributed by atoms with E-state index in [1.807, 2.05) is 0 Å². The van der Waals surface area contributed by atoms with Gasteiger partial charge in [-0.3, -0.25) is 0 Å². The molecule has 0 spiro atoms.